The molecule has 5 heteroatoms. The van der Waals surface area contributed by atoms with E-state index in [1.165, 1.54) is 0 Å². The van der Waals surface area contributed by atoms with Crippen molar-refractivity contribution in [1.82, 2.24) is 10.5 Å². The summed E-state index contributed by atoms with van der Waals surface area (Å²) >= 11 is 0. The number of carbonyl (C=O) groups is 2. The molecule has 21 heavy (non-hydrogen) atoms. The largest absolute Gasteiger partial charge is 0.356 e. The molecule has 4 rings (SSSR count). The molecule has 2 heterocycles. The molecule has 0 saturated carbocycles. The first-order valence-electron chi connectivity index (χ1n) is 6.85. The maximum Gasteiger partial charge on any atom is 0.235 e. The monoisotopic (exact) mass is 280 g/mol. The molecule has 0 spiro atoms. The number of benzene rings is 2. The van der Waals surface area contributed by atoms with Crippen molar-refractivity contribution in [2.45, 2.75) is 18.8 Å². The Balaban J connectivity index is 1.95. The van der Waals surface area contributed by atoms with Gasteiger partial charge in [-0.05, 0) is 23.3 Å². The Kier molecular flexibility index (Phi) is 2.54. The second-order valence-corrected chi connectivity index (χ2v) is 5.23. The van der Waals surface area contributed by atoms with Crippen LogP contribution in [0.1, 0.15) is 24.5 Å². The van der Waals surface area contributed by atoms with Crippen LogP contribution < -0.4 is 5.32 Å². The van der Waals surface area contributed by atoms with Crippen molar-refractivity contribution in [2.75, 3.05) is 0 Å². The van der Waals surface area contributed by atoms with Gasteiger partial charge >= 0.3 is 0 Å². The molecule has 0 radical (unpaired) electrons. The highest BCUT2D eigenvalue weighted by Crippen LogP contribution is 2.34. The lowest BCUT2D eigenvalue weighted by molar-refractivity contribution is -0.134. The van der Waals surface area contributed by atoms with Crippen LogP contribution in [0.5, 0.6) is 0 Å². The highest BCUT2D eigenvalue weighted by atomic mass is 16.5. The van der Waals surface area contributed by atoms with E-state index >= 15 is 0 Å². The van der Waals surface area contributed by atoms with Gasteiger partial charge in [-0.2, -0.15) is 0 Å². The van der Waals surface area contributed by atoms with Crippen LogP contribution in [0.3, 0.4) is 0 Å². The van der Waals surface area contributed by atoms with Crippen LogP contribution in [0.4, 0.5) is 0 Å². The van der Waals surface area contributed by atoms with E-state index in [-0.39, 0.29) is 11.8 Å². The zero-order valence-electron chi connectivity index (χ0n) is 11.1. The average molecular weight is 280 g/mol. The van der Waals surface area contributed by atoms with Crippen molar-refractivity contribution in [3.8, 4) is 0 Å². The van der Waals surface area contributed by atoms with Gasteiger partial charge in [-0.15, -0.1) is 0 Å². The third-order valence-corrected chi connectivity index (χ3v) is 3.96. The number of carbonyl (C=O) groups excluding carboxylic acids is 2. The molecule has 3 aromatic rings. The van der Waals surface area contributed by atoms with Crippen LogP contribution in [-0.2, 0) is 9.59 Å². The molecule has 1 aliphatic rings. The summed E-state index contributed by atoms with van der Waals surface area (Å²) in [6, 6.07) is 11.7. The minimum atomic E-state index is -0.435. The fourth-order valence-corrected chi connectivity index (χ4v) is 2.93. The topological polar surface area (TPSA) is 72.2 Å². The lowest BCUT2D eigenvalue weighted by atomic mass is 9.91. The average Bonchev–Trinajstić information content (AvgIpc) is 2.91. The van der Waals surface area contributed by atoms with E-state index in [1.54, 1.807) is 0 Å². The van der Waals surface area contributed by atoms with Crippen molar-refractivity contribution in [1.29, 1.82) is 0 Å². The first kappa shape index (κ1) is 12.1. The van der Waals surface area contributed by atoms with E-state index in [1.807, 2.05) is 36.4 Å². The van der Waals surface area contributed by atoms with Crippen LogP contribution in [0, 0.1) is 0 Å². The first-order valence-corrected chi connectivity index (χ1v) is 6.85. The molecular weight excluding hydrogens is 268 g/mol. The number of piperidine rings is 1. The molecule has 2 amide bonds. The molecule has 1 N–H and O–H groups in total. The Hall–Kier alpha value is -2.69. The highest BCUT2D eigenvalue weighted by Gasteiger charge is 2.32. The second-order valence-electron chi connectivity index (χ2n) is 5.23. The smallest absolute Gasteiger partial charge is 0.235 e. The number of aromatic nitrogens is 1. The van der Waals surface area contributed by atoms with Gasteiger partial charge in [0, 0.05) is 6.42 Å². The minimum absolute atomic E-state index is 0.228. The Morgan fingerprint density at radius 1 is 1.14 bits per heavy atom. The summed E-state index contributed by atoms with van der Waals surface area (Å²) in [7, 11) is 0. The van der Waals surface area contributed by atoms with Crippen molar-refractivity contribution in [2.24, 2.45) is 0 Å². The highest BCUT2D eigenvalue weighted by molar-refractivity contribution is 6.09. The number of nitrogens with zero attached hydrogens (tertiary/aromatic N) is 1. The zero-order chi connectivity index (χ0) is 14.4. The summed E-state index contributed by atoms with van der Waals surface area (Å²) in [5, 5.41) is 9.41. The maximum absolute atomic E-state index is 12.1. The van der Waals surface area contributed by atoms with Crippen molar-refractivity contribution < 1.29 is 14.1 Å². The second kappa shape index (κ2) is 4.41. The Bertz CT molecular complexity index is 881. The maximum atomic E-state index is 12.1. The summed E-state index contributed by atoms with van der Waals surface area (Å²) in [4.78, 5) is 23.4. The van der Waals surface area contributed by atoms with Gasteiger partial charge in [-0.3, -0.25) is 14.9 Å². The number of hydrogen-bond acceptors (Lipinski definition) is 4. The fraction of sp³-hybridized carbons (Fsp3) is 0.188. The molecule has 104 valence electrons. The summed E-state index contributed by atoms with van der Waals surface area (Å²) in [6.07, 6.45) is 0.797. The molecule has 2 aromatic carbocycles. The Morgan fingerprint density at radius 2 is 2.00 bits per heavy atom. The fourth-order valence-electron chi connectivity index (χ4n) is 2.93. The van der Waals surface area contributed by atoms with Crippen LogP contribution >= 0.6 is 0 Å². The summed E-state index contributed by atoms with van der Waals surface area (Å²) < 4.78 is 5.37. The van der Waals surface area contributed by atoms with Gasteiger partial charge < -0.3 is 4.52 Å². The van der Waals surface area contributed by atoms with E-state index in [0.29, 0.717) is 24.1 Å². The van der Waals surface area contributed by atoms with Crippen LogP contribution in [0.15, 0.2) is 40.9 Å². The number of imide groups is 1. The van der Waals surface area contributed by atoms with Crippen molar-refractivity contribution >= 4 is 33.6 Å². The first-order chi connectivity index (χ1) is 10.2. The molecule has 0 aliphatic carbocycles. The van der Waals surface area contributed by atoms with Crippen LogP contribution in [0.2, 0.25) is 0 Å². The summed E-state index contributed by atoms with van der Waals surface area (Å²) in [6.45, 7) is 0. The SMILES string of the molecule is O=C1CC[C@@H](c2noc3ccc4ccccc4c23)C(=O)N1. The van der Waals surface area contributed by atoms with Crippen molar-refractivity contribution in [3.63, 3.8) is 0 Å². The van der Waals surface area contributed by atoms with Gasteiger partial charge in [0.15, 0.2) is 5.58 Å². The lowest BCUT2D eigenvalue weighted by Crippen LogP contribution is -2.39. The molecule has 1 aromatic heterocycles. The number of amides is 2. The van der Waals surface area contributed by atoms with E-state index in [2.05, 4.69) is 10.5 Å². The van der Waals surface area contributed by atoms with Crippen LogP contribution in [-0.4, -0.2) is 17.0 Å². The molecule has 1 atom stereocenters. The van der Waals surface area contributed by atoms with E-state index in [0.717, 1.165) is 16.2 Å². The Morgan fingerprint density at radius 3 is 2.86 bits per heavy atom. The van der Waals surface area contributed by atoms with Crippen molar-refractivity contribution in [3.05, 3.63) is 42.1 Å². The predicted molar refractivity (Wildman–Crippen MR) is 76.6 cm³/mol. The van der Waals surface area contributed by atoms with Gasteiger partial charge in [0.05, 0.1) is 11.3 Å². The molecule has 0 unspecified atom stereocenters. The molecule has 1 fully saturated rings. The summed E-state index contributed by atoms with van der Waals surface area (Å²) in [5.41, 5.74) is 1.28. The lowest BCUT2D eigenvalue weighted by Gasteiger charge is -2.19. The third kappa shape index (κ3) is 1.81. The van der Waals surface area contributed by atoms with Gasteiger partial charge in [0.25, 0.3) is 0 Å². The van der Waals surface area contributed by atoms with E-state index in [4.69, 9.17) is 4.52 Å². The minimum Gasteiger partial charge on any atom is -0.356 e. The molecule has 1 aliphatic heterocycles. The normalized spacial score (nSPS) is 19.1. The molecule has 0 bridgehead atoms. The van der Waals surface area contributed by atoms with Crippen LogP contribution in [0.25, 0.3) is 21.7 Å². The summed E-state index contributed by atoms with van der Waals surface area (Å²) in [5.74, 6) is -0.960. The van der Waals surface area contributed by atoms with Gasteiger partial charge in [-0.25, -0.2) is 0 Å². The number of fused-ring (bicyclic) bond motifs is 3. The number of rotatable bonds is 1. The van der Waals surface area contributed by atoms with E-state index in [9.17, 15) is 9.59 Å². The standard InChI is InChI=1S/C16H12N2O3/c19-13-8-6-11(16(20)17-13)15-14-10-4-2-1-3-9(10)5-7-12(14)21-18-15/h1-5,7,11H,6,8H2,(H,17,19,20)/t11-/m0/s1. The quantitative estimate of drug-likeness (QED) is 0.695. The third-order valence-electron chi connectivity index (χ3n) is 3.96. The Labute approximate surface area is 119 Å². The molecule has 5 nitrogen and oxygen atoms in total. The number of nitrogens with one attached hydrogen (secondary N) is 1. The van der Waals surface area contributed by atoms with Gasteiger partial charge in [-0.1, -0.05) is 35.5 Å². The number of hydrogen-bond donors (Lipinski definition) is 1. The molecular formula is C16H12N2O3. The predicted octanol–water partition coefficient (Wildman–Crippen LogP) is 2.50. The van der Waals surface area contributed by atoms with Gasteiger partial charge in [0.2, 0.25) is 11.8 Å². The zero-order valence-corrected chi connectivity index (χ0v) is 11.1. The van der Waals surface area contributed by atoms with Gasteiger partial charge in [0.1, 0.15) is 5.69 Å². The van der Waals surface area contributed by atoms with E-state index < -0.39 is 5.92 Å². The molecule has 1 saturated heterocycles.